The average Bonchev–Trinajstić information content (AvgIpc) is 3.13. The van der Waals surface area contributed by atoms with Crippen LogP contribution < -0.4 is 5.32 Å². The predicted octanol–water partition coefficient (Wildman–Crippen LogP) is 2.22. The first-order valence-corrected chi connectivity index (χ1v) is 6.78. The molecule has 0 radical (unpaired) electrons. The summed E-state index contributed by atoms with van der Waals surface area (Å²) in [7, 11) is 0. The van der Waals surface area contributed by atoms with Crippen LogP contribution in [0.4, 0.5) is 0 Å². The topological polar surface area (TPSA) is 32.3 Å². The van der Waals surface area contributed by atoms with Crippen LogP contribution in [0.2, 0.25) is 0 Å². The number of hydrogen-bond acceptors (Lipinski definition) is 2. The molecule has 2 atom stereocenters. The standard InChI is InChI=1S/C15H20N2O/c1-10-3-7-13(8-4-10)14-16-11(2)15(18)17(14)9-12-5-6-12/h3-4,7-8,11-12,14,16H,5-6,9H2,1-2H3. The number of rotatable bonds is 3. The molecule has 1 amide bonds. The molecular formula is C15H20N2O. The molecule has 2 unspecified atom stereocenters. The maximum absolute atomic E-state index is 12.2. The van der Waals surface area contributed by atoms with Gasteiger partial charge in [-0.15, -0.1) is 0 Å². The molecule has 0 bridgehead atoms. The van der Waals surface area contributed by atoms with Crippen LogP contribution in [-0.2, 0) is 4.79 Å². The maximum Gasteiger partial charge on any atom is 0.241 e. The molecule has 0 spiro atoms. The molecule has 1 aromatic carbocycles. The number of nitrogens with zero attached hydrogens (tertiary/aromatic N) is 1. The Labute approximate surface area is 108 Å². The lowest BCUT2D eigenvalue weighted by Gasteiger charge is -2.24. The van der Waals surface area contributed by atoms with E-state index in [1.165, 1.54) is 24.0 Å². The summed E-state index contributed by atoms with van der Waals surface area (Å²) in [4.78, 5) is 14.2. The summed E-state index contributed by atoms with van der Waals surface area (Å²) in [5.74, 6) is 0.974. The monoisotopic (exact) mass is 244 g/mol. The number of carbonyl (C=O) groups is 1. The summed E-state index contributed by atoms with van der Waals surface area (Å²) in [6, 6.07) is 8.41. The van der Waals surface area contributed by atoms with Crippen molar-refractivity contribution in [2.75, 3.05) is 6.54 Å². The molecule has 1 saturated carbocycles. The fourth-order valence-corrected chi connectivity index (χ4v) is 2.57. The Bertz CT molecular complexity index is 450. The summed E-state index contributed by atoms with van der Waals surface area (Å²) < 4.78 is 0. The smallest absolute Gasteiger partial charge is 0.241 e. The SMILES string of the molecule is Cc1ccc(C2NC(C)C(=O)N2CC2CC2)cc1. The van der Waals surface area contributed by atoms with E-state index in [-0.39, 0.29) is 18.1 Å². The Morgan fingerprint density at radius 3 is 2.56 bits per heavy atom. The van der Waals surface area contributed by atoms with Gasteiger partial charge in [0.1, 0.15) is 6.17 Å². The van der Waals surface area contributed by atoms with Gasteiger partial charge in [-0.25, -0.2) is 0 Å². The Balaban J connectivity index is 1.83. The summed E-state index contributed by atoms with van der Waals surface area (Å²) in [6.07, 6.45) is 2.62. The molecule has 1 aliphatic heterocycles. The number of amides is 1. The summed E-state index contributed by atoms with van der Waals surface area (Å²) in [5, 5.41) is 3.40. The number of benzene rings is 1. The molecule has 3 heteroatoms. The molecule has 2 fully saturated rings. The Morgan fingerprint density at radius 1 is 1.28 bits per heavy atom. The third-order valence-corrected chi connectivity index (χ3v) is 3.92. The van der Waals surface area contributed by atoms with Gasteiger partial charge in [-0.3, -0.25) is 10.1 Å². The van der Waals surface area contributed by atoms with Crippen LogP contribution in [0.5, 0.6) is 0 Å². The van der Waals surface area contributed by atoms with Crippen molar-refractivity contribution in [3.05, 3.63) is 35.4 Å². The zero-order valence-electron chi connectivity index (χ0n) is 11.0. The van der Waals surface area contributed by atoms with Gasteiger partial charge in [-0.2, -0.15) is 0 Å². The molecule has 1 saturated heterocycles. The molecule has 1 aromatic rings. The van der Waals surface area contributed by atoms with Gasteiger partial charge in [0.2, 0.25) is 5.91 Å². The number of aryl methyl sites for hydroxylation is 1. The molecule has 3 rings (SSSR count). The van der Waals surface area contributed by atoms with Crippen molar-refractivity contribution in [3.8, 4) is 0 Å². The molecule has 1 N–H and O–H groups in total. The second-order valence-corrected chi connectivity index (χ2v) is 5.64. The Kier molecular flexibility index (Phi) is 2.86. The van der Waals surface area contributed by atoms with Gasteiger partial charge in [0.25, 0.3) is 0 Å². The Morgan fingerprint density at radius 2 is 1.94 bits per heavy atom. The zero-order chi connectivity index (χ0) is 12.7. The second kappa shape index (κ2) is 4.39. The van der Waals surface area contributed by atoms with Crippen molar-refractivity contribution in [2.45, 2.75) is 38.9 Å². The lowest BCUT2D eigenvalue weighted by atomic mass is 10.1. The van der Waals surface area contributed by atoms with Crippen LogP contribution in [0.25, 0.3) is 0 Å². The van der Waals surface area contributed by atoms with E-state index in [0.717, 1.165) is 12.5 Å². The average molecular weight is 244 g/mol. The van der Waals surface area contributed by atoms with Crippen LogP contribution in [0, 0.1) is 12.8 Å². The highest BCUT2D eigenvalue weighted by Crippen LogP contribution is 2.34. The van der Waals surface area contributed by atoms with Crippen molar-refractivity contribution >= 4 is 5.91 Å². The quantitative estimate of drug-likeness (QED) is 0.884. The molecule has 96 valence electrons. The maximum atomic E-state index is 12.2. The fourth-order valence-electron chi connectivity index (χ4n) is 2.57. The minimum atomic E-state index is -0.0601. The van der Waals surface area contributed by atoms with E-state index in [0.29, 0.717) is 0 Å². The van der Waals surface area contributed by atoms with Crippen molar-refractivity contribution in [3.63, 3.8) is 0 Å². The highest BCUT2D eigenvalue weighted by atomic mass is 16.2. The number of hydrogen-bond donors (Lipinski definition) is 1. The van der Waals surface area contributed by atoms with Crippen LogP contribution in [0.15, 0.2) is 24.3 Å². The van der Waals surface area contributed by atoms with E-state index in [1.54, 1.807) is 0 Å². The predicted molar refractivity (Wildman–Crippen MR) is 71.0 cm³/mol. The lowest BCUT2D eigenvalue weighted by Crippen LogP contribution is -2.32. The van der Waals surface area contributed by atoms with E-state index in [9.17, 15) is 4.79 Å². The zero-order valence-corrected chi connectivity index (χ0v) is 11.0. The van der Waals surface area contributed by atoms with Gasteiger partial charge < -0.3 is 4.90 Å². The van der Waals surface area contributed by atoms with Crippen molar-refractivity contribution in [1.82, 2.24) is 10.2 Å². The van der Waals surface area contributed by atoms with Crippen LogP contribution in [0.3, 0.4) is 0 Å². The summed E-state index contributed by atoms with van der Waals surface area (Å²) in [6.45, 7) is 4.95. The number of carbonyl (C=O) groups excluding carboxylic acids is 1. The molecule has 0 aromatic heterocycles. The summed E-state index contributed by atoms with van der Waals surface area (Å²) in [5.41, 5.74) is 2.45. The van der Waals surface area contributed by atoms with Crippen LogP contribution in [0.1, 0.15) is 37.1 Å². The first-order valence-electron chi connectivity index (χ1n) is 6.78. The molecule has 1 heterocycles. The van der Waals surface area contributed by atoms with Gasteiger partial charge in [0.05, 0.1) is 6.04 Å². The van der Waals surface area contributed by atoms with E-state index >= 15 is 0 Å². The third kappa shape index (κ3) is 2.15. The normalized spacial score (nSPS) is 27.9. The van der Waals surface area contributed by atoms with Crippen molar-refractivity contribution < 1.29 is 4.79 Å². The van der Waals surface area contributed by atoms with Crippen molar-refractivity contribution in [2.24, 2.45) is 5.92 Å². The third-order valence-electron chi connectivity index (χ3n) is 3.92. The minimum Gasteiger partial charge on any atom is -0.321 e. The minimum absolute atomic E-state index is 0.0601. The molecule has 1 aliphatic carbocycles. The molecular weight excluding hydrogens is 224 g/mol. The van der Waals surface area contributed by atoms with Gasteiger partial charge >= 0.3 is 0 Å². The van der Waals surface area contributed by atoms with Crippen LogP contribution >= 0.6 is 0 Å². The largest absolute Gasteiger partial charge is 0.321 e. The fraction of sp³-hybridized carbons (Fsp3) is 0.533. The van der Waals surface area contributed by atoms with Gasteiger partial charge in [-0.1, -0.05) is 29.8 Å². The molecule has 18 heavy (non-hydrogen) atoms. The van der Waals surface area contributed by atoms with Gasteiger partial charge in [0.15, 0.2) is 0 Å². The molecule has 3 nitrogen and oxygen atoms in total. The second-order valence-electron chi connectivity index (χ2n) is 5.64. The lowest BCUT2D eigenvalue weighted by molar-refractivity contribution is -0.130. The van der Waals surface area contributed by atoms with Crippen LogP contribution in [-0.4, -0.2) is 23.4 Å². The van der Waals surface area contributed by atoms with E-state index in [4.69, 9.17) is 0 Å². The first-order chi connectivity index (χ1) is 8.65. The molecule has 2 aliphatic rings. The van der Waals surface area contributed by atoms with Crippen molar-refractivity contribution in [1.29, 1.82) is 0 Å². The van der Waals surface area contributed by atoms with E-state index in [2.05, 4.69) is 36.5 Å². The first kappa shape index (κ1) is 11.7. The highest BCUT2D eigenvalue weighted by Gasteiger charge is 2.39. The van der Waals surface area contributed by atoms with E-state index in [1.807, 2.05) is 11.8 Å². The van der Waals surface area contributed by atoms with E-state index < -0.39 is 0 Å². The highest BCUT2D eigenvalue weighted by molar-refractivity contribution is 5.84. The number of nitrogens with one attached hydrogen (secondary N) is 1. The summed E-state index contributed by atoms with van der Waals surface area (Å²) >= 11 is 0. The van der Waals surface area contributed by atoms with Gasteiger partial charge in [-0.05, 0) is 38.2 Å². The Hall–Kier alpha value is -1.35. The van der Waals surface area contributed by atoms with Gasteiger partial charge in [0, 0.05) is 6.54 Å².